The number of β-amino-alcohol motifs (C(OH)–C–C–N with tert-alkyl or cyclic N) is 1. The van der Waals surface area contributed by atoms with E-state index in [4.69, 9.17) is 4.74 Å². The van der Waals surface area contributed by atoms with Crippen molar-refractivity contribution >= 4 is 22.4 Å². The van der Waals surface area contributed by atoms with Crippen LogP contribution in [0.2, 0.25) is 0 Å². The molecular weight excluding hydrogens is 314 g/mol. The first kappa shape index (κ1) is 15.9. The van der Waals surface area contributed by atoms with Crippen molar-refractivity contribution in [2.24, 2.45) is 0 Å². The Hall–Kier alpha value is -1.96. The summed E-state index contributed by atoms with van der Waals surface area (Å²) in [5.74, 6) is 0.637. The zero-order chi connectivity index (χ0) is 16.4. The molecule has 6 nitrogen and oxygen atoms in total. The lowest BCUT2D eigenvalue weighted by molar-refractivity contribution is -0.117. The second kappa shape index (κ2) is 6.66. The molecule has 23 heavy (non-hydrogen) atoms. The highest BCUT2D eigenvalue weighted by Crippen LogP contribution is 2.31. The maximum absolute atomic E-state index is 12.2. The number of rotatable bonds is 4. The first-order chi connectivity index (χ1) is 11.1. The summed E-state index contributed by atoms with van der Waals surface area (Å²) in [6, 6.07) is 7.30. The Bertz CT molecular complexity index is 699. The van der Waals surface area contributed by atoms with Gasteiger partial charge in [0.1, 0.15) is 5.75 Å². The minimum Gasteiger partial charge on any atom is -0.497 e. The van der Waals surface area contributed by atoms with E-state index in [2.05, 4.69) is 15.6 Å². The zero-order valence-electron chi connectivity index (χ0n) is 13.0. The highest BCUT2D eigenvalue weighted by atomic mass is 32.1. The van der Waals surface area contributed by atoms with Gasteiger partial charge in [-0.3, -0.25) is 4.79 Å². The summed E-state index contributed by atoms with van der Waals surface area (Å²) in [6.45, 7) is 2.43. The van der Waals surface area contributed by atoms with Crippen LogP contribution in [0.25, 0.3) is 11.3 Å². The number of carbonyl (C=O) groups excluding carboxylic acids is 1. The predicted molar refractivity (Wildman–Crippen MR) is 89.9 cm³/mol. The van der Waals surface area contributed by atoms with E-state index in [-0.39, 0.29) is 11.9 Å². The molecule has 0 aliphatic carbocycles. The number of hydrogen-bond acceptors (Lipinski definition) is 6. The van der Waals surface area contributed by atoms with Crippen LogP contribution in [0, 0.1) is 6.92 Å². The van der Waals surface area contributed by atoms with Gasteiger partial charge in [0.25, 0.3) is 0 Å². The van der Waals surface area contributed by atoms with Crippen molar-refractivity contribution in [3.63, 3.8) is 0 Å². The topological polar surface area (TPSA) is 83.5 Å². The second-order valence-electron chi connectivity index (χ2n) is 5.49. The van der Waals surface area contributed by atoms with Crippen LogP contribution in [0.3, 0.4) is 0 Å². The molecule has 1 amide bonds. The number of aromatic nitrogens is 1. The molecule has 1 aliphatic rings. The van der Waals surface area contributed by atoms with Crippen molar-refractivity contribution in [2.75, 3.05) is 19.0 Å². The first-order valence-electron chi connectivity index (χ1n) is 7.41. The third kappa shape index (κ3) is 3.52. The second-order valence-corrected chi connectivity index (χ2v) is 6.70. The number of nitrogens with zero attached hydrogens (tertiary/aromatic N) is 1. The molecule has 3 N–H and O–H groups in total. The van der Waals surface area contributed by atoms with Gasteiger partial charge in [-0.15, -0.1) is 11.3 Å². The lowest BCUT2D eigenvalue weighted by Crippen LogP contribution is -2.35. The molecule has 1 saturated heterocycles. The molecule has 1 aliphatic heterocycles. The number of methoxy groups -OCH3 is 1. The van der Waals surface area contributed by atoms with Crippen LogP contribution in [-0.2, 0) is 4.79 Å². The molecule has 2 aromatic rings. The molecule has 3 rings (SSSR count). The van der Waals surface area contributed by atoms with E-state index < -0.39 is 6.10 Å². The molecule has 0 saturated carbocycles. The Kier molecular flexibility index (Phi) is 4.61. The maximum atomic E-state index is 12.2. The summed E-state index contributed by atoms with van der Waals surface area (Å²) in [7, 11) is 1.63. The Morgan fingerprint density at radius 3 is 2.78 bits per heavy atom. The van der Waals surface area contributed by atoms with E-state index in [9.17, 15) is 9.90 Å². The summed E-state index contributed by atoms with van der Waals surface area (Å²) < 4.78 is 5.16. The fourth-order valence-electron chi connectivity index (χ4n) is 2.58. The highest BCUT2D eigenvalue weighted by Gasteiger charge is 2.28. The van der Waals surface area contributed by atoms with Crippen LogP contribution in [0.15, 0.2) is 24.3 Å². The number of thiazole rings is 1. The van der Waals surface area contributed by atoms with Gasteiger partial charge in [0, 0.05) is 17.0 Å². The zero-order valence-corrected chi connectivity index (χ0v) is 13.8. The van der Waals surface area contributed by atoms with E-state index in [1.807, 2.05) is 31.2 Å². The third-order valence-corrected chi connectivity index (χ3v) is 4.70. The first-order valence-corrected chi connectivity index (χ1v) is 8.22. The van der Waals surface area contributed by atoms with Crippen LogP contribution in [0.4, 0.5) is 5.13 Å². The van der Waals surface area contributed by atoms with Gasteiger partial charge in [0.15, 0.2) is 5.13 Å². The fraction of sp³-hybridized carbons (Fsp3) is 0.375. The van der Waals surface area contributed by atoms with Crippen molar-refractivity contribution in [1.29, 1.82) is 0 Å². The van der Waals surface area contributed by atoms with Gasteiger partial charge in [-0.1, -0.05) is 0 Å². The largest absolute Gasteiger partial charge is 0.497 e. The molecule has 1 fully saturated rings. The van der Waals surface area contributed by atoms with Gasteiger partial charge >= 0.3 is 0 Å². The summed E-state index contributed by atoms with van der Waals surface area (Å²) in [4.78, 5) is 17.7. The summed E-state index contributed by atoms with van der Waals surface area (Å²) >= 11 is 1.44. The molecule has 1 aromatic heterocycles. The van der Waals surface area contributed by atoms with Crippen molar-refractivity contribution < 1.29 is 14.6 Å². The molecule has 0 unspecified atom stereocenters. The molecule has 122 valence electrons. The van der Waals surface area contributed by atoms with Crippen LogP contribution < -0.4 is 15.4 Å². The number of aliphatic hydroxyl groups is 1. The Balaban J connectivity index is 1.73. The lowest BCUT2D eigenvalue weighted by Gasteiger charge is -2.08. The van der Waals surface area contributed by atoms with Crippen LogP contribution in [-0.4, -0.2) is 41.8 Å². The summed E-state index contributed by atoms with van der Waals surface area (Å²) in [6.07, 6.45) is -0.0275. The van der Waals surface area contributed by atoms with Crippen molar-refractivity contribution in [2.45, 2.75) is 25.5 Å². The minimum atomic E-state index is -0.460. The molecule has 7 heteroatoms. The lowest BCUT2D eigenvalue weighted by atomic mass is 10.1. The number of anilines is 1. The van der Waals surface area contributed by atoms with Crippen molar-refractivity contribution in [1.82, 2.24) is 10.3 Å². The Labute approximate surface area is 138 Å². The van der Waals surface area contributed by atoms with Gasteiger partial charge in [-0.2, -0.15) is 0 Å². The van der Waals surface area contributed by atoms with E-state index in [0.29, 0.717) is 18.1 Å². The standard InChI is InChI=1S/C16H19N3O3S/c1-9-14(10-3-5-12(22-2)6-4-10)18-16(23-9)19-15(21)13-7-11(20)8-17-13/h3-6,11,13,17,20H,7-8H2,1-2H3,(H,18,19,21)/t11-,13+/m0/s1. The van der Waals surface area contributed by atoms with Crippen LogP contribution >= 0.6 is 11.3 Å². The van der Waals surface area contributed by atoms with Crippen LogP contribution in [0.5, 0.6) is 5.75 Å². The molecule has 2 atom stereocenters. The average molecular weight is 333 g/mol. The van der Waals surface area contributed by atoms with Gasteiger partial charge in [0.2, 0.25) is 5.91 Å². The number of aryl methyl sites for hydroxylation is 1. The van der Waals surface area contributed by atoms with Gasteiger partial charge in [0.05, 0.1) is 24.9 Å². The molecule has 0 spiro atoms. The van der Waals surface area contributed by atoms with E-state index >= 15 is 0 Å². The quantitative estimate of drug-likeness (QED) is 0.794. The number of carbonyl (C=O) groups is 1. The van der Waals surface area contributed by atoms with Gasteiger partial charge in [-0.25, -0.2) is 4.98 Å². The SMILES string of the molecule is COc1ccc(-c2nc(NC(=O)[C@H]3C[C@H](O)CN3)sc2C)cc1. The van der Waals surface area contributed by atoms with Crippen molar-refractivity contribution in [3.05, 3.63) is 29.1 Å². The van der Waals surface area contributed by atoms with Crippen LogP contribution in [0.1, 0.15) is 11.3 Å². The number of amides is 1. The van der Waals surface area contributed by atoms with Crippen molar-refractivity contribution in [3.8, 4) is 17.0 Å². The van der Waals surface area contributed by atoms with E-state index in [1.54, 1.807) is 7.11 Å². The molecule has 2 heterocycles. The summed E-state index contributed by atoms with van der Waals surface area (Å²) in [5.41, 5.74) is 1.84. The normalized spacial score (nSPS) is 20.5. The maximum Gasteiger partial charge on any atom is 0.243 e. The highest BCUT2D eigenvalue weighted by molar-refractivity contribution is 7.16. The van der Waals surface area contributed by atoms with E-state index in [1.165, 1.54) is 11.3 Å². The number of nitrogens with one attached hydrogen (secondary N) is 2. The Morgan fingerprint density at radius 1 is 1.43 bits per heavy atom. The van der Waals surface area contributed by atoms with Gasteiger partial charge in [-0.05, 0) is 37.6 Å². The molecule has 0 radical (unpaired) electrons. The average Bonchev–Trinajstić information content (AvgIpc) is 3.13. The molecular formula is C16H19N3O3S. The monoisotopic (exact) mass is 333 g/mol. The van der Waals surface area contributed by atoms with Gasteiger partial charge < -0.3 is 20.5 Å². The molecule has 1 aromatic carbocycles. The number of ether oxygens (including phenoxy) is 1. The smallest absolute Gasteiger partial charge is 0.243 e. The summed E-state index contributed by atoms with van der Waals surface area (Å²) in [5, 5.41) is 15.9. The fourth-order valence-corrected chi connectivity index (χ4v) is 3.41. The van der Waals surface area contributed by atoms with E-state index in [0.717, 1.165) is 21.9 Å². The Morgan fingerprint density at radius 2 is 2.17 bits per heavy atom. The number of benzene rings is 1. The number of hydrogen-bond donors (Lipinski definition) is 3. The molecule has 0 bridgehead atoms. The number of aliphatic hydroxyl groups excluding tert-OH is 1. The minimum absolute atomic E-state index is 0.156. The third-order valence-electron chi connectivity index (χ3n) is 3.81. The predicted octanol–water partition coefficient (Wildman–Crippen LogP) is 1.79.